The van der Waals surface area contributed by atoms with Crippen molar-refractivity contribution in [1.29, 1.82) is 0 Å². The normalized spacial score (nSPS) is 24.4. The summed E-state index contributed by atoms with van der Waals surface area (Å²) in [6.07, 6.45) is 9.89. The van der Waals surface area contributed by atoms with Gasteiger partial charge >= 0.3 is 12.7 Å². The highest BCUT2D eigenvalue weighted by molar-refractivity contribution is 5.36. The lowest BCUT2D eigenvalue weighted by molar-refractivity contribution is -0.185. The Hall–Kier alpha value is -2.38. The molecule has 0 aliphatic heterocycles. The highest BCUT2D eigenvalue weighted by Gasteiger charge is 2.36. The predicted molar refractivity (Wildman–Crippen MR) is 134 cm³/mol. The third kappa shape index (κ3) is 7.17. The zero-order chi connectivity index (χ0) is 27.3. The Bertz CT molecular complexity index is 1000. The van der Waals surface area contributed by atoms with Crippen LogP contribution in [0.5, 0.6) is 11.5 Å². The number of ether oxygens (including phenoxy) is 2. The molecule has 38 heavy (non-hydrogen) atoms. The molecule has 210 valence electrons. The maximum absolute atomic E-state index is 14.7. The van der Waals surface area contributed by atoms with Gasteiger partial charge in [0.1, 0.15) is 5.75 Å². The summed E-state index contributed by atoms with van der Waals surface area (Å²) in [6, 6.07) is 6.63. The van der Waals surface area contributed by atoms with Gasteiger partial charge in [-0.1, -0.05) is 51.2 Å². The molecule has 8 heteroatoms. The molecular weight excluding hydrogens is 506 g/mol. The van der Waals surface area contributed by atoms with Crippen molar-refractivity contribution in [2.75, 3.05) is 0 Å². The van der Waals surface area contributed by atoms with Crippen molar-refractivity contribution in [3.8, 4) is 11.5 Å². The van der Waals surface area contributed by atoms with Gasteiger partial charge in [-0.2, -0.15) is 17.6 Å². The maximum Gasteiger partial charge on any atom is 0.426 e. The minimum Gasteiger partial charge on any atom is -0.429 e. The van der Waals surface area contributed by atoms with Crippen molar-refractivity contribution in [3.05, 3.63) is 59.2 Å². The highest BCUT2D eigenvalue weighted by Crippen LogP contribution is 2.45. The van der Waals surface area contributed by atoms with Crippen molar-refractivity contribution >= 4 is 0 Å². The number of benzene rings is 2. The molecule has 2 aromatic rings. The van der Waals surface area contributed by atoms with Crippen LogP contribution in [0.1, 0.15) is 94.6 Å². The quantitative estimate of drug-likeness (QED) is 0.278. The largest absolute Gasteiger partial charge is 0.429 e. The Balaban J connectivity index is 1.31. The van der Waals surface area contributed by atoms with Gasteiger partial charge < -0.3 is 9.47 Å². The van der Waals surface area contributed by atoms with E-state index in [0.29, 0.717) is 18.1 Å². The Morgan fingerprint density at radius 3 is 1.92 bits per heavy atom. The summed E-state index contributed by atoms with van der Waals surface area (Å²) in [6.45, 7) is -1.21. The summed E-state index contributed by atoms with van der Waals surface area (Å²) in [4.78, 5) is 0. The van der Waals surface area contributed by atoms with E-state index in [-0.39, 0.29) is 0 Å². The first-order chi connectivity index (χ1) is 18.2. The summed E-state index contributed by atoms with van der Waals surface area (Å²) in [5, 5.41) is 0. The van der Waals surface area contributed by atoms with E-state index >= 15 is 0 Å². The molecule has 2 saturated carbocycles. The van der Waals surface area contributed by atoms with Gasteiger partial charge in [0.05, 0.1) is 5.56 Å². The second-order valence-electron chi connectivity index (χ2n) is 10.9. The molecule has 2 aliphatic carbocycles. The van der Waals surface area contributed by atoms with E-state index in [0.717, 1.165) is 36.2 Å². The summed E-state index contributed by atoms with van der Waals surface area (Å²) < 4.78 is 90.1. The molecule has 0 saturated heterocycles. The second-order valence-corrected chi connectivity index (χ2v) is 10.9. The van der Waals surface area contributed by atoms with Gasteiger partial charge in [-0.15, -0.1) is 0 Å². The summed E-state index contributed by atoms with van der Waals surface area (Å²) >= 11 is 0. The van der Waals surface area contributed by atoms with Crippen molar-refractivity contribution in [1.82, 2.24) is 0 Å². The van der Waals surface area contributed by atoms with Crippen LogP contribution in [-0.2, 0) is 6.11 Å². The number of alkyl halides is 4. The molecule has 0 aromatic heterocycles. The first kappa shape index (κ1) is 28.6. The van der Waals surface area contributed by atoms with E-state index in [1.54, 1.807) is 12.1 Å². The molecule has 0 atom stereocenters. The zero-order valence-electron chi connectivity index (χ0n) is 21.7. The Kier molecular flexibility index (Phi) is 9.53. The van der Waals surface area contributed by atoms with Crippen molar-refractivity contribution < 1.29 is 35.8 Å². The van der Waals surface area contributed by atoms with E-state index in [9.17, 15) is 26.3 Å². The molecule has 0 radical (unpaired) electrons. The van der Waals surface area contributed by atoms with Gasteiger partial charge in [0, 0.05) is 12.1 Å². The van der Waals surface area contributed by atoms with Gasteiger partial charge in [-0.05, 0) is 79.9 Å². The van der Waals surface area contributed by atoms with Crippen LogP contribution in [0, 0.1) is 29.4 Å². The maximum atomic E-state index is 14.7. The summed E-state index contributed by atoms with van der Waals surface area (Å²) in [5.74, 6) is -2.52. The Morgan fingerprint density at radius 2 is 1.39 bits per heavy atom. The van der Waals surface area contributed by atoms with Crippen LogP contribution in [0.4, 0.5) is 26.3 Å². The molecule has 0 bridgehead atoms. The zero-order valence-corrected chi connectivity index (χ0v) is 21.7. The van der Waals surface area contributed by atoms with Crippen LogP contribution in [0.3, 0.4) is 0 Å². The first-order valence-electron chi connectivity index (χ1n) is 13.8. The summed E-state index contributed by atoms with van der Waals surface area (Å²) in [5.41, 5.74) is 0.528. The molecule has 2 nitrogen and oxygen atoms in total. The smallest absolute Gasteiger partial charge is 0.426 e. The topological polar surface area (TPSA) is 18.5 Å². The molecule has 0 N–H and O–H groups in total. The molecule has 2 aliphatic rings. The number of rotatable bonds is 10. The van der Waals surface area contributed by atoms with Gasteiger partial charge in [0.15, 0.2) is 17.4 Å². The lowest BCUT2D eigenvalue weighted by Crippen LogP contribution is -2.25. The van der Waals surface area contributed by atoms with E-state index < -0.39 is 41.4 Å². The fraction of sp³-hybridized carbons (Fsp3) is 0.600. The molecular formula is C30H36F6O2. The van der Waals surface area contributed by atoms with Gasteiger partial charge in [0.2, 0.25) is 0 Å². The van der Waals surface area contributed by atoms with Gasteiger partial charge in [-0.25, -0.2) is 8.78 Å². The molecule has 0 unspecified atom stereocenters. The third-order valence-corrected chi connectivity index (χ3v) is 8.44. The van der Waals surface area contributed by atoms with E-state index in [4.69, 9.17) is 0 Å². The van der Waals surface area contributed by atoms with Crippen LogP contribution in [0.2, 0.25) is 0 Å². The minimum absolute atomic E-state index is 0.321. The fourth-order valence-corrected chi connectivity index (χ4v) is 6.32. The van der Waals surface area contributed by atoms with Crippen molar-refractivity contribution in [2.24, 2.45) is 17.8 Å². The van der Waals surface area contributed by atoms with Gasteiger partial charge in [0.25, 0.3) is 0 Å². The SMILES string of the molecule is CCCCC1CCC(C2CCC(c3ccc(C(F)(F)Oc4cc(F)c(OC(F)F)c(F)c4)cc3)CC2)CC1. The number of halogens is 6. The average Bonchev–Trinajstić information content (AvgIpc) is 2.90. The summed E-state index contributed by atoms with van der Waals surface area (Å²) in [7, 11) is 0. The minimum atomic E-state index is -3.88. The molecule has 0 spiro atoms. The van der Waals surface area contributed by atoms with Crippen LogP contribution >= 0.6 is 0 Å². The van der Waals surface area contributed by atoms with Crippen LogP contribution < -0.4 is 9.47 Å². The van der Waals surface area contributed by atoms with Gasteiger partial charge in [-0.3, -0.25) is 0 Å². The molecule has 0 heterocycles. The lowest BCUT2D eigenvalue weighted by Gasteiger charge is -2.38. The number of unbranched alkanes of at least 4 members (excludes halogenated alkanes) is 1. The number of hydrogen-bond donors (Lipinski definition) is 0. The first-order valence-corrected chi connectivity index (χ1v) is 13.8. The molecule has 4 rings (SSSR count). The molecule has 2 aromatic carbocycles. The van der Waals surface area contributed by atoms with Crippen LogP contribution in [-0.4, -0.2) is 6.61 Å². The highest BCUT2D eigenvalue weighted by atomic mass is 19.3. The van der Waals surface area contributed by atoms with Crippen LogP contribution in [0.15, 0.2) is 36.4 Å². The van der Waals surface area contributed by atoms with Crippen molar-refractivity contribution in [3.63, 3.8) is 0 Å². The third-order valence-electron chi connectivity index (χ3n) is 8.44. The monoisotopic (exact) mass is 542 g/mol. The fourth-order valence-electron chi connectivity index (χ4n) is 6.32. The molecule has 2 fully saturated rings. The van der Waals surface area contributed by atoms with Crippen molar-refractivity contribution in [2.45, 2.75) is 96.2 Å². The Labute approximate surface area is 220 Å². The lowest BCUT2D eigenvalue weighted by atomic mass is 9.68. The van der Waals surface area contributed by atoms with E-state index in [2.05, 4.69) is 16.4 Å². The van der Waals surface area contributed by atoms with E-state index in [1.807, 2.05) is 0 Å². The Morgan fingerprint density at radius 1 is 0.842 bits per heavy atom. The predicted octanol–water partition coefficient (Wildman–Crippen LogP) is 9.96. The van der Waals surface area contributed by atoms with E-state index in [1.165, 1.54) is 69.9 Å². The average molecular weight is 543 g/mol. The standard InChI is InChI=1S/C30H36F6O2/c1-2-3-4-19-5-7-20(8-6-19)21-9-11-22(12-10-21)23-13-15-24(16-14-23)30(35,36)38-25-17-26(31)28(27(32)18-25)37-29(33)34/h13-22,29H,2-12H2,1H3. The van der Waals surface area contributed by atoms with Crippen LogP contribution in [0.25, 0.3) is 0 Å². The second kappa shape index (κ2) is 12.6. The number of hydrogen-bond acceptors (Lipinski definition) is 2. The molecule has 0 amide bonds.